The van der Waals surface area contributed by atoms with Crippen molar-refractivity contribution in [3.8, 4) is 0 Å². The molecule has 0 fully saturated rings. The van der Waals surface area contributed by atoms with Crippen LogP contribution in [-0.4, -0.2) is 29.9 Å². The predicted molar refractivity (Wildman–Crippen MR) is 83.9 cm³/mol. The molecule has 0 N–H and O–H groups in total. The number of unbranched alkanes of at least 4 members (excludes halogenated alkanes) is 2. The lowest BCUT2D eigenvalue weighted by atomic mass is 10.0. The number of halogens is 3. The Hall–Kier alpha value is -0.893. The first-order valence-electron chi connectivity index (χ1n) is 7.64. The highest BCUT2D eigenvalue weighted by Gasteiger charge is 2.30. The molecule has 0 bridgehead atoms. The van der Waals surface area contributed by atoms with Gasteiger partial charge in [-0.15, -0.1) is 0 Å². The lowest BCUT2D eigenvalue weighted by Gasteiger charge is -2.16. The van der Waals surface area contributed by atoms with Gasteiger partial charge in [-0.3, -0.25) is 0 Å². The summed E-state index contributed by atoms with van der Waals surface area (Å²) >= 11 is 0. The van der Waals surface area contributed by atoms with Gasteiger partial charge in [-0.2, -0.15) is 13.2 Å². The second-order valence-electron chi connectivity index (χ2n) is 5.38. The van der Waals surface area contributed by atoms with Crippen LogP contribution in [0.25, 0.3) is 0 Å². The van der Waals surface area contributed by atoms with Crippen molar-refractivity contribution >= 4 is 9.53 Å². The lowest BCUT2D eigenvalue weighted by molar-refractivity contribution is -0.137. The summed E-state index contributed by atoms with van der Waals surface area (Å²) in [4.78, 5) is 0. The third kappa shape index (κ3) is 7.96. The van der Waals surface area contributed by atoms with Crippen LogP contribution in [0.2, 0.25) is 0 Å². The molecular weight excluding hydrogens is 325 g/mol. The first kappa shape index (κ1) is 20.2. The largest absolute Gasteiger partial charge is 0.577 e. The van der Waals surface area contributed by atoms with Crippen molar-refractivity contribution in [2.45, 2.75) is 51.3 Å². The van der Waals surface area contributed by atoms with Crippen LogP contribution in [0.1, 0.15) is 43.7 Å². The molecule has 0 aliphatic carbocycles. The molecular formula is C16H24F3O3Si. The summed E-state index contributed by atoms with van der Waals surface area (Å²) in [5.74, 6) is 0. The molecule has 0 amide bonds. The van der Waals surface area contributed by atoms with E-state index in [0.717, 1.165) is 37.3 Å². The standard InChI is InChI=1S/C16H24F3O3Si/c1-13(22-23(20-2)21-3)8-5-4-6-9-14-10-7-11-15(12-14)16(17,18)19/h7,10-13H,4-6,8-9H2,1-3H3. The van der Waals surface area contributed by atoms with Gasteiger partial charge in [-0.05, 0) is 37.8 Å². The van der Waals surface area contributed by atoms with Gasteiger partial charge in [0.2, 0.25) is 0 Å². The zero-order valence-electron chi connectivity index (χ0n) is 13.8. The third-order valence-corrected chi connectivity index (χ3v) is 4.72. The third-order valence-electron chi connectivity index (χ3n) is 3.46. The van der Waals surface area contributed by atoms with Crippen LogP contribution in [0.5, 0.6) is 0 Å². The number of rotatable bonds is 10. The minimum Gasteiger partial charge on any atom is -0.375 e. The molecule has 23 heavy (non-hydrogen) atoms. The fourth-order valence-electron chi connectivity index (χ4n) is 2.24. The first-order valence-corrected chi connectivity index (χ1v) is 8.87. The molecule has 131 valence electrons. The number of hydrogen-bond donors (Lipinski definition) is 0. The molecule has 1 atom stereocenters. The van der Waals surface area contributed by atoms with Crippen molar-refractivity contribution in [1.82, 2.24) is 0 Å². The SMILES string of the molecule is CO[Si](OC)OC(C)CCCCCc1cccc(C(F)(F)F)c1. The molecule has 1 aromatic carbocycles. The van der Waals surface area contributed by atoms with Crippen molar-refractivity contribution in [3.63, 3.8) is 0 Å². The van der Waals surface area contributed by atoms with Gasteiger partial charge < -0.3 is 13.3 Å². The molecule has 0 spiro atoms. The smallest absolute Gasteiger partial charge is 0.375 e. The summed E-state index contributed by atoms with van der Waals surface area (Å²) in [6.07, 6.45) is 0.0886. The van der Waals surface area contributed by atoms with E-state index < -0.39 is 21.3 Å². The average Bonchev–Trinajstić information content (AvgIpc) is 2.51. The summed E-state index contributed by atoms with van der Waals surface area (Å²) in [5, 5.41) is 0. The Morgan fingerprint density at radius 1 is 1.09 bits per heavy atom. The van der Waals surface area contributed by atoms with Crippen molar-refractivity contribution in [3.05, 3.63) is 35.4 Å². The number of benzene rings is 1. The van der Waals surface area contributed by atoms with Gasteiger partial charge in [-0.1, -0.05) is 31.0 Å². The monoisotopic (exact) mass is 349 g/mol. The molecule has 7 heteroatoms. The average molecular weight is 349 g/mol. The van der Waals surface area contributed by atoms with Gasteiger partial charge in [0.05, 0.1) is 5.56 Å². The number of hydrogen-bond acceptors (Lipinski definition) is 3. The van der Waals surface area contributed by atoms with Gasteiger partial charge in [-0.25, -0.2) is 0 Å². The van der Waals surface area contributed by atoms with Gasteiger partial charge >= 0.3 is 15.7 Å². The van der Waals surface area contributed by atoms with E-state index in [4.69, 9.17) is 13.3 Å². The normalized spacial score (nSPS) is 13.5. The molecule has 0 aliphatic rings. The van der Waals surface area contributed by atoms with Crippen LogP contribution in [-0.2, 0) is 25.9 Å². The molecule has 1 aromatic rings. The van der Waals surface area contributed by atoms with Crippen molar-refractivity contribution in [2.75, 3.05) is 14.2 Å². The molecule has 0 aliphatic heterocycles. The minimum atomic E-state index is -4.27. The zero-order chi connectivity index (χ0) is 17.3. The van der Waals surface area contributed by atoms with Crippen molar-refractivity contribution in [2.24, 2.45) is 0 Å². The summed E-state index contributed by atoms with van der Waals surface area (Å²) in [6.45, 7) is 1.97. The summed E-state index contributed by atoms with van der Waals surface area (Å²) in [6, 6.07) is 5.55. The van der Waals surface area contributed by atoms with Crippen LogP contribution in [0.15, 0.2) is 24.3 Å². The minimum absolute atomic E-state index is 0.0531. The molecule has 1 rings (SSSR count). The van der Waals surface area contributed by atoms with Crippen LogP contribution in [0.4, 0.5) is 13.2 Å². The van der Waals surface area contributed by atoms with Crippen molar-refractivity contribution in [1.29, 1.82) is 0 Å². The quantitative estimate of drug-likeness (QED) is 0.460. The zero-order valence-corrected chi connectivity index (χ0v) is 14.8. The van der Waals surface area contributed by atoms with E-state index in [2.05, 4.69) is 0 Å². The highest BCUT2D eigenvalue weighted by molar-refractivity contribution is 6.36. The number of alkyl halides is 3. The Balaban J connectivity index is 2.25. The molecule has 0 heterocycles. The maximum atomic E-state index is 12.6. The van der Waals surface area contributed by atoms with Crippen LogP contribution >= 0.6 is 0 Å². The maximum Gasteiger partial charge on any atom is 0.577 e. The molecule has 0 aromatic heterocycles. The molecule has 0 saturated heterocycles. The predicted octanol–water partition coefficient (Wildman–Crippen LogP) is 4.49. The van der Waals surface area contributed by atoms with Gasteiger partial charge in [0.25, 0.3) is 0 Å². The van der Waals surface area contributed by atoms with Crippen LogP contribution < -0.4 is 0 Å². The van der Waals surface area contributed by atoms with E-state index in [1.165, 1.54) is 12.1 Å². The molecule has 0 saturated carbocycles. The second kappa shape index (κ2) is 10.1. The van der Waals surface area contributed by atoms with E-state index in [0.29, 0.717) is 6.42 Å². The van der Waals surface area contributed by atoms with E-state index in [9.17, 15) is 13.2 Å². The van der Waals surface area contributed by atoms with Crippen molar-refractivity contribution < 1.29 is 26.4 Å². The van der Waals surface area contributed by atoms with E-state index in [-0.39, 0.29) is 6.10 Å². The summed E-state index contributed by atoms with van der Waals surface area (Å²) < 4.78 is 53.6. The Bertz CT molecular complexity index is 450. The maximum absolute atomic E-state index is 12.6. The second-order valence-corrected chi connectivity index (χ2v) is 6.94. The highest BCUT2D eigenvalue weighted by Crippen LogP contribution is 2.29. The summed E-state index contributed by atoms with van der Waals surface area (Å²) in [7, 11) is 1.48. The first-order chi connectivity index (χ1) is 10.9. The fraction of sp³-hybridized carbons (Fsp3) is 0.625. The van der Waals surface area contributed by atoms with E-state index in [1.54, 1.807) is 20.3 Å². The van der Waals surface area contributed by atoms with Gasteiger partial charge in [0, 0.05) is 20.3 Å². The van der Waals surface area contributed by atoms with Gasteiger partial charge in [0.1, 0.15) is 0 Å². The Labute approximate surface area is 137 Å². The Morgan fingerprint density at radius 3 is 2.39 bits per heavy atom. The summed E-state index contributed by atoms with van der Waals surface area (Å²) in [5.41, 5.74) is 0.152. The molecule has 1 radical (unpaired) electrons. The van der Waals surface area contributed by atoms with Gasteiger partial charge in [0.15, 0.2) is 0 Å². The number of aryl methyl sites for hydroxylation is 1. The fourth-order valence-corrected chi connectivity index (χ4v) is 3.05. The Morgan fingerprint density at radius 2 is 1.78 bits per heavy atom. The lowest BCUT2D eigenvalue weighted by Crippen LogP contribution is -2.28. The van der Waals surface area contributed by atoms with Crippen LogP contribution in [0, 0.1) is 0 Å². The highest BCUT2D eigenvalue weighted by atomic mass is 28.3. The van der Waals surface area contributed by atoms with E-state index >= 15 is 0 Å². The molecule has 1 unspecified atom stereocenters. The molecule has 3 nitrogen and oxygen atoms in total. The van der Waals surface area contributed by atoms with E-state index in [1.807, 2.05) is 6.92 Å². The Kier molecular flexibility index (Phi) is 8.83. The topological polar surface area (TPSA) is 27.7 Å². The van der Waals surface area contributed by atoms with Crippen LogP contribution in [0.3, 0.4) is 0 Å².